The van der Waals surface area contributed by atoms with E-state index < -0.39 is 31.7 Å². The van der Waals surface area contributed by atoms with Gasteiger partial charge in [-0.05, 0) is 18.2 Å². The van der Waals surface area contributed by atoms with E-state index in [9.17, 15) is 21.6 Å². The molecule has 102 valence electrons. The van der Waals surface area contributed by atoms with E-state index in [1.54, 1.807) is 0 Å². The molecule has 0 radical (unpaired) electrons. The molecular formula is C9H10ClF3N2O2S. The topological polar surface area (TPSA) is 72.2 Å². The highest BCUT2D eigenvalue weighted by Crippen LogP contribution is 2.33. The highest BCUT2D eigenvalue weighted by molar-refractivity contribution is 7.89. The molecule has 1 aromatic carbocycles. The molecule has 0 spiro atoms. The van der Waals surface area contributed by atoms with Crippen LogP contribution in [0.2, 0.25) is 5.02 Å². The standard InChI is InChI=1S/C9H10ClF3N2O2S/c10-7-5-6(9(11,12)13)1-2-8(7)18(16,17)15-4-3-14/h1-2,5,15H,3-4,14H2. The van der Waals surface area contributed by atoms with E-state index in [0.717, 1.165) is 6.07 Å². The summed E-state index contributed by atoms with van der Waals surface area (Å²) in [6, 6.07) is 2.03. The van der Waals surface area contributed by atoms with Gasteiger partial charge < -0.3 is 5.73 Å². The van der Waals surface area contributed by atoms with Crippen LogP contribution in [0.25, 0.3) is 0 Å². The van der Waals surface area contributed by atoms with Crippen molar-refractivity contribution in [1.82, 2.24) is 4.72 Å². The first-order valence-electron chi connectivity index (χ1n) is 4.75. The van der Waals surface area contributed by atoms with Gasteiger partial charge in [0, 0.05) is 13.1 Å². The normalized spacial score (nSPS) is 12.7. The van der Waals surface area contributed by atoms with Crippen molar-refractivity contribution in [1.29, 1.82) is 0 Å². The van der Waals surface area contributed by atoms with E-state index in [0.29, 0.717) is 12.1 Å². The van der Waals surface area contributed by atoms with Crippen molar-refractivity contribution in [3.8, 4) is 0 Å². The van der Waals surface area contributed by atoms with Gasteiger partial charge in [0.05, 0.1) is 10.6 Å². The molecule has 18 heavy (non-hydrogen) atoms. The van der Waals surface area contributed by atoms with Gasteiger partial charge in [0.15, 0.2) is 0 Å². The third-order valence-corrected chi connectivity index (χ3v) is 3.93. The monoisotopic (exact) mass is 302 g/mol. The van der Waals surface area contributed by atoms with E-state index in [1.807, 2.05) is 0 Å². The maximum atomic E-state index is 12.4. The van der Waals surface area contributed by atoms with Gasteiger partial charge in [-0.2, -0.15) is 13.2 Å². The second kappa shape index (κ2) is 5.43. The van der Waals surface area contributed by atoms with Gasteiger partial charge in [-0.15, -0.1) is 0 Å². The summed E-state index contributed by atoms with van der Waals surface area (Å²) in [5.74, 6) is 0. The first-order chi connectivity index (χ1) is 8.18. The van der Waals surface area contributed by atoms with E-state index in [-0.39, 0.29) is 13.1 Å². The molecule has 9 heteroatoms. The van der Waals surface area contributed by atoms with Crippen molar-refractivity contribution in [2.24, 2.45) is 5.73 Å². The van der Waals surface area contributed by atoms with Crippen LogP contribution >= 0.6 is 11.6 Å². The zero-order chi connectivity index (χ0) is 14.0. The Bertz CT molecular complexity index is 531. The first kappa shape index (κ1) is 15.2. The predicted octanol–water partition coefficient (Wildman–Crippen LogP) is 1.60. The van der Waals surface area contributed by atoms with Crippen molar-refractivity contribution >= 4 is 21.6 Å². The quantitative estimate of drug-likeness (QED) is 0.887. The Morgan fingerprint density at radius 2 is 1.94 bits per heavy atom. The van der Waals surface area contributed by atoms with Gasteiger partial charge >= 0.3 is 6.18 Å². The van der Waals surface area contributed by atoms with Crippen LogP contribution in [0.4, 0.5) is 13.2 Å². The second-order valence-electron chi connectivity index (χ2n) is 3.33. The number of hydrogen-bond donors (Lipinski definition) is 2. The van der Waals surface area contributed by atoms with Crippen molar-refractivity contribution in [2.45, 2.75) is 11.1 Å². The zero-order valence-electron chi connectivity index (χ0n) is 8.96. The molecule has 0 aliphatic heterocycles. The average molecular weight is 303 g/mol. The van der Waals surface area contributed by atoms with Crippen LogP contribution in [-0.4, -0.2) is 21.5 Å². The Labute approximate surface area is 107 Å². The van der Waals surface area contributed by atoms with Crippen LogP contribution in [0.3, 0.4) is 0 Å². The van der Waals surface area contributed by atoms with Gasteiger partial charge in [-0.3, -0.25) is 0 Å². The van der Waals surface area contributed by atoms with Crippen LogP contribution in [-0.2, 0) is 16.2 Å². The molecule has 0 saturated heterocycles. The minimum absolute atomic E-state index is 0.0281. The van der Waals surface area contributed by atoms with Crippen LogP contribution in [0.1, 0.15) is 5.56 Å². The lowest BCUT2D eigenvalue weighted by molar-refractivity contribution is -0.137. The molecule has 1 rings (SSSR count). The third-order valence-electron chi connectivity index (χ3n) is 1.99. The minimum atomic E-state index is -4.57. The SMILES string of the molecule is NCCNS(=O)(=O)c1ccc(C(F)(F)F)cc1Cl. The molecule has 4 nitrogen and oxygen atoms in total. The summed E-state index contributed by atoms with van der Waals surface area (Å²) in [5, 5.41) is -0.491. The number of nitrogens with two attached hydrogens (primary N) is 1. The molecule has 1 aromatic rings. The lowest BCUT2D eigenvalue weighted by Gasteiger charge is -2.10. The third kappa shape index (κ3) is 3.58. The molecule has 0 amide bonds. The fourth-order valence-electron chi connectivity index (χ4n) is 1.17. The van der Waals surface area contributed by atoms with Crippen LogP contribution in [0.5, 0.6) is 0 Å². The Kier molecular flexibility index (Phi) is 4.60. The number of benzene rings is 1. The number of rotatable bonds is 4. The Morgan fingerprint density at radius 3 is 2.39 bits per heavy atom. The molecule has 0 aliphatic rings. The maximum absolute atomic E-state index is 12.4. The summed E-state index contributed by atoms with van der Waals surface area (Å²) >= 11 is 5.55. The smallest absolute Gasteiger partial charge is 0.329 e. The minimum Gasteiger partial charge on any atom is -0.329 e. The van der Waals surface area contributed by atoms with Crippen LogP contribution in [0.15, 0.2) is 23.1 Å². The van der Waals surface area contributed by atoms with Gasteiger partial charge in [0.2, 0.25) is 10.0 Å². The van der Waals surface area contributed by atoms with E-state index in [1.165, 1.54) is 0 Å². The molecule has 0 unspecified atom stereocenters. The van der Waals surface area contributed by atoms with Gasteiger partial charge in [0.1, 0.15) is 4.90 Å². The van der Waals surface area contributed by atoms with Gasteiger partial charge in [0.25, 0.3) is 0 Å². The number of halogens is 4. The fourth-order valence-corrected chi connectivity index (χ4v) is 2.76. The first-order valence-corrected chi connectivity index (χ1v) is 6.61. The lowest BCUT2D eigenvalue weighted by atomic mass is 10.2. The largest absolute Gasteiger partial charge is 0.416 e. The number of nitrogens with one attached hydrogen (secondary N) is 1. The van der Waals surface area contributed by atoms with Crippen LogP contribution < -0.4 is 10.5 Å². The van der Waals surface area contributed by atoms with Crippen LogP contribution in [0, 0.1) is 0 Å². The highest BCUT2D eigenvalue weighted by atomic mass is 35.5. The van der Waals surface area contributed by atoms with Crippen molar-refractivity contribution in [3.63, 3.8) is 0 Å². The van der Waals surface area contributed by atoms with Crippen molar-refractivity contribution in [3.05, 3.63) is 28.8 Å². The van der Waals surface area contributed by atoms with Gasteiger partial charge in [-0.25, -0.2) is 13.1 Å². The molecule has 0 atom stereocenters. The zero-order valence-corrected chi connectivity index (χ0v) is 10.5. The summed E-state index contributed by atoms with van der Waals surface area (Å²) < 4.78 is 62.5. The van der Waals surface area contributed by atoms with Gasteiger partial charge in [-0.1, -0.05) is 11.6 Å². The maximum Gasteiger partial charge on any atom is 0.416 e. The highest BCUT2D eigenvalue weighted by Gasteiger charge is 2.32. The Morgan fingerprint density at radius 1 is 1.33 bits per heavy atom. The molecule has 0 aromatic heterocycles. The summed E-state index contributed by atoms with van der Waals surface area (Å²) in [6.07, 6.45) is -4.57. The number of hydrogen-bond acceptors (Lipinski definition) is 3. The summed E-state index contributed by atoms with van der Waals surface area (Å²) in [7, 11) is -3.94. The fraction of sp³-hybridized carbons (Fsp3) is 0.333. The summed E-state index contributed by atoms with van der Waals surface area (Å²) in [5.41, 5.74) is 4.12. The lowest BCUT2D eigenvalue weighted by Crippen LogP contribution is -2.29. The predicted molar refractivity (Wildman–Crippen MR) is 60.7 cm³/mol. The number of sulfonamides is 1. The van der Waals surface area contributed by atoms with Crippen molar-refractivity contribution in [2.75, 3.05) is 13.1 Å². The number of alkyl halides is 3. The molecular weight excluding hydrogens is 293 g/mol. The molecule has 0 fully saturated rings. The molecule has 0 bridgehead atoms. The Balaban J connectivity index is 3.14. The van der Waals surface area contributed by atoms with E-state index in [4.69, 9.17) is 17.3 Å². The molecule has 3 N–H and O–H groups in total. The molecule has 0 heterocycles. The summed E-state index contributed by atoms with van der Waals surface area (Å²) in [6.45, 7) is 0.0389. The van der Waals surface area contributed by atoms with Crippen molar-refractivity contribution < 1.29 is 21.6 Å². The second-order valence-corrected chi connectivity index (χ2v) is 5.47. The summed E-state index contributed by atoms with van der Waals surface area (Å²) in [4.78, 5) is -0.411. The van der Waals surface area contributed by atoms with E-state index >= 15 is 0 Å². The van der Waals surface area contributed by atoms with E-state index in [2.05, 4.69) is 4.72 Å². The average Bonchev–Trinajstić information content (AvgIpc) is 2.24. The molecule has 0 saturated carbocycles. The molecule has 0 aliphatic carbocycles. The Hall–Kier alpha value is -0.830.